The van der Waals surface area contributed by atoms with E-state index in [1.54, 1.807) is 12.4 Å². The molecule has 0 radical (unpaired) electrons. The Morgan fingerprint density at radius 2 is 1.83 bits per heavy atom. The van der Waals surface area contributed by atoms with E-state index in [1.165, 1.54) is 0 Å². The Balaban J connectivity index is 2.35. The molecule has 4 nitrogen and oxygen atoms in total. The predicted octanol–water partition coefficient (Wildman–Crippen LogP) is 2.44. The Kier molecular flexibility index (Phi) is 2.57. The molecule has 2 aromatic heterocycles. The van der Waals surface area contributed by atoms with Crippen LogP contribution in [0.25, 0.3) is 16.7 Å². The van der Waals surface area contributed by atoms with E-state index in [1.807, 2.05) is 37.3 Å². The first-order chi connectivity index (χ1) is 8.77. The molecular weight excluding hydrogens is 224 g/mol. The monoisotopic (exact) mass is 238 g/mol. The average molecular weight is 238 g/mol. The number of para-hydroxylation sites is 2. The first-order valence-electron chi connectivity index (χ1n) is 5.91. The summed E-state index contributed by atoms with van der Waals surface area (Å²) in [4.78, 5) is 8.65. The fraction of sp³-hybridized carbons (Fsp3) is 0.143. The van der Waals surface area contributed by atoms with Gasteiger partial charge in [-0.05, 0) is 31.2 Å². The van der Waals surface area contributed by atoms with Gasteiger partial charge in [0, 0.05) is 12.4 Å². The zero-order chi connectivity index (χ0) is 12.5. The van der Waals surface area contributed by atoms with Crippen LogP contribution in [0.4, 0.5) is 0 Å². The molecule has 0 aliphatic carbocycles. The maximum absolute atomic E-state index is 6.02. The van der Waals surface area contributed by atoms with Crippen molar-refractivity contribution in [2.75, 3.05) is 0 Å². The maximum atomic E-state index is 6.02. The normalized spacial score (nSPS) is 12.8. The molecule has 0 saturated carbocycles. The molecule has 1 aromatic carbocycles. The minimum atomic E-state index is -0.120. The Bertz CT molecular complexity index is 671. The molecule has 0 spiro atoms. The van der Waals surface area contributed by atoms with Crippen LogP contribution in [0.2, 0.25) is 0 Å². The minimum absolute atomic E-state index is 0.120. The van der Waals surface area contributed by atoms with Crippen molar-refractivity contribution in [1.82, 2.24) is 14.5 Å². The van der Waals surface area contributed by atoms with Gasteiger partial charge in [0.1, 0.15) is 5.82 Å². The summed E-state index contributed by atoms with van der Waals surface area (Å²) in [6.07, 6.45) is 3.55. The second-order valence-electron chi connectivity index (χ2n) is 4.29. The molecule has 4 heteroatoms. The molecule has 0 amide bonds. The van der Waals surface area contributed by atoms with E-state index in [2.05, 4.69) is 20.6 Å². The molecular formula is C14H14N4. The maximum Gasteiger partial charge on any atom is 0.131 e. The summed E-state index contributed by atoms with van der Waals surface area (Å²) in [6.45, 7) is 1.94. The number of imidazole rings is 1. The zero-order valence-electron chi connectivity index (χ0n) is 10.1. The lowest BCUT2D eigenvalue weighted by molar-refractivity contribution is 0.727. The Labute approximate surface area is 105 Å². The van der Waals surface area contributed by atoms with Gasteiger partial charge in [-0.25, -0.2) is 4.98 Å². The Hall–Kier alpha value is -2.20. The molecule has 3 rings (SSSR count). The lowest BCUT2D eigenvalue weighted by Gasteiger charge is -2.10. The van der Waals surface area contributed by atoms with Crippen LogP contribution >= 0.6 is 0 Å². The van der Waals surface area contributed by atoms with Gasteiger partial charge in [-0.3, -0.25) is 9.55 Å². The van der Waals surface area contributed by atoms with Crippen molar-refractivity contribution < 1.29 is 0 Å². The SMILES string of the molecule is CC(N)c1nc2ccccc2n1-c1ccncc1. The van der Waals surface area contributed by atoms with Gasteiger partial charge in [-0.2, -0.15) is 0 Å². The van der Waals surface area contributed by atoms with Crippen molar-refractivity contribution in [1.29, 1.82) is 0 Å². The highest BCUT2D eigenvalue weighted by Crippen LogP contribution is 2.23. The van der Waals surface area contributed by atoms with Crippen molar-refractivity contribution in [3.63, 3.8) is 0 Å². The molecule has 2 N–H and O–H groups in total. The van der Waals surface area contributed by atoms with Gasteiger partial charge in [-0.1, -0.05) is 12.1 Å². The molecule has 0 saturated heterocycles. The highest BCUT2D eigenvalue weighted by molar-refractivity contribution is 5.78. The van der Waals surface area contributed by atoms with Crippen molar-refractivity contribution in [3.05, 3.63) is 54.6 Å². The molecule has 0 aliphatic rings. The standard InChI is InChI=1S/C14H14N4/c1-10(15)14-17-12-4-2-3-5-13(12)18(14)11-6-8-16-9-7-11/h2-10H,15H2,1H3. The van der Waals surface area contributed by atoms with Crippen LogP contribution in [0.15, 0.2) is 48.8 Å². The first kappa shape index (κ1) is 10.9. The fourth-order valence-electron chi connectivity index (χ4n) is 2.11. The fourth-order valence-corrected chi connectivity index (χ4v) is 2.11. The van der Waals surface area contributed by atoms with Gasteiger partial charge in [0.2, 0.25) is 0 Å². The molecule has 90 valence electrons. The topological polar surface area (TPSA) is 56.7 Å². The summed E-state index contributed by atoms with van der Waals surface area (Å²) in [5.41, 5.74) is 9.08. The number of hydrogen-bond acceptors (Lipinski definition) is 3. The summed E-state index contributed by atoms with van der Waals surface area (Å²) >= 11 is 0. The van der Waals surface area contributed by atoms with Crippen molar-refractivity contribution in [2.24, 2.45) is 5.73 Å². The molecule has 1 atom stereocenters. The molecule has 0 fully saturated rings. The van der Waals surface area contributed by atoms with Crippen molar-refractivity contribution in [2.45, 2.75) is 13.0 Å². The Morgan fingerprint density at radius 1 is 1.11 bits per heavy atom. The van der Waals surface area contributed by atoms with Crippen LogP contribution in [0.5, 0.6) is 0 Å². The lowest BCUT2D eigenvalue weighted by Crippen LogP contribution is -2.12. The predicted molar refractivity (Wildman–Crippen MR) is 71.5 cm³/mol. The average Bonchev–Trinajstić information content (AvgIpc) is 2.79. The number of pyridine rings is 1. The highest BCUT2D eigenvalue weighted by Gasteiger charge is 2.14. The van der Waals surface area contributed by atoms with E-state index < -0.39 is 0 Å². The van der Waals surface area contributed by atoms with E-state index >= 15 is 0 Å². The second kappa shape index (κ2) is 4.23. The van der Waals surface area contributed by atoms with Gasteiger partial charge in [0.25, 0.3) is 0 Å². The molecule has 0 bridgehead atoms. The van der Waals surface area contributed by atoms with E-state index in [0.29, 0.717) is 0 Å². The number of hydrogen-bond donors (Lipinski definition) is 1. The molecule has 1 unspecified atom stereocenters. The van der Waals surface area contributed by atoms with Crippen molar-refractivity contribution >= 4 is 11.0 Å². The Morgan fingerprint density at radius 3 is 2.56 bits per heavy atom. The zero-order valence-corrected chi connectivity index (χ0v) is 10.1. The molecule has 3 aromatic rings. The van der Waals surface area contributed by atoms with Gasteiger partial charge < -0.3 is 5.73 Å². The number of rotatable bonds is 2. The third-order valence-electron chi connectivity index (χ3n) is 2.91. The molecule has 18 heavy (non-hydrogen) atoms. The van der Waals surface area contributed by atoms with Gasteiger partial charge in [-0.15, -0.1) is 0 Å². The minimum Gasteiger partial charge on any atom is -0.322 e. The highest BCUT2D eigenvalue weighted by atomic mass is 15.1. The van der Waals surface area contributed by atoms with Crippen LogP contribution in [0.3, 0.4) is 0 Å². The number of aromatic nitrogens is 3. The number of fused-ring (bicyclic) bond motifs is 1. The number of nitrogens with two attached hydrogens (primary N) is 1. The summed E-state index contributed by atoms with van der Waals surface area (Å²) < 4.78 is 2.08. The van der Waals surface area contributed by atoms with Gasteiger partial charge in [0.05, 0.1) is 22.8 Å². The van der Waals surface area contributed by atoms with Crippen LogP contribution in [-0.4, -0.2) is 14.5 Å². The quantitative estimate of drug-likeness (QED) is 0.746. The third-order valence-corrected chi connectivity index (χ3v) is 2.91. The largest absolute Gasteiger partial charge is 0.322 e. The summed E-state index contributed by atoms with van der Waals surface area (Å²) in [5, 5.41) is 0. The van der Waals surface area contributed by atoms with Crippen LogP contribution in [0.1, 0.15) is 18.8 Å². The van der Waals surface area contributed by atoms with E-state index in [4.69, 9.17) is 5.73 Å². The molecule has 2 heterocycles. The number of nitrogens with zero attached hydrogens (tertiary/aromatic N) is 3. The van der Waals surface area contributed by atoms with Gasteiger partial charge in [0.15, 0.2) is 0 Å². The number of benzene rings is 1. The van der Waals surface area contributed by atoms with E-state index in [-0.39, 0.29) is 6.04 Å². The van der Waals surface area contributed by atoms with Crippen LogP contribution < -0.4 is 5.73 Å². The van der Waals surface area contributed by atoms with Crippen molar-refractivity contribution in [3.8, 4) is 5.69 Å². The summed E-state index contributed by atoms with van der Waals surface area (Å²) in [6, 6.07) is 11.8. The first-order valence-corrected chi connectivity index (χ1v) is 5.91. The smallest absolute Gasteiger partial charge is 0.131 e. The van der Waals surface area contributed by atoms with E-state index in [0.717, 1.165) is 22.5 Å². The van der Waals surface area contributed by atoms with Crippen LogP contribution in [0, 0.1) is 0 Å². The summed E-state index contributed by atoms with van der Waals surface area (Å²) in [7, 11) is 0. The third kappa shape index (κ3) is 1.67. The van der Waals surface area contributed by atoms with Gasteiger partial charge >= 0.3 is 0 Å². The summed E-state index contributed by atoms with van der Waals surface area (Å²) in [5.74, 6) is 0.863. The lowest BCUT2D eigenvalue weighted by atomic mass is 10.3. The van der Waals surface area contributed by atoms with E-state index in [9.17, 15) is 0 Å². The van der Waals surface area contributed by atoms with Crippen LogP contribution in [-0.2, 0) is 0 Å². The molecule has 0 aliphatic heterocycles. The second-order valence-corrected chi connectivity index (χ2v) is 4.29.